The van der Waals surface area contributed by atoms with Crippen molar-refractivity contribution in [2.24, 2.45) is 0 Å². The average Bonchev–Trinajstić information content (AvgIpc) is 2.87. The third-order valence-corrected chi connectivity index (χ3v) is 5.60. The Labute approximate surface area is 202 Å². The molecule has 2 aromatic carbocycles. The zero-order valence-corrected chi connectivity index (χ0v) is 19.8. The number of halogens is 3. The van der Waals surface area contributed by atoms with Crippen LogP contribution in [0.2, 0.25) is 0 Å². The normalized spacial score (nSPS) is 12.1. The van der Waals surface area contributed by atoms with Crippen molar-refractivity contribution in [3.05, 3.63) is 83.7 Å². The highest BCUT2D eigenvalue weighted by atomic mass is 19.4. The Balaban J connectivity index is 1.91. The highest BCUT2D eigenvalue weighted by molar-refractivity contribution is 5.86. The molecule has 0 spiro atoms. The summed E-state index contributed by atoms with van der Waals surface area (Å²) in [5.41, 5.74) is 1.31. The van der Waals surface area contributed by atoms with E-state index in [1.165, 1.54) is 19.4 Å². The molecule has 0 aliphatic heterocycles. The molecule has 1 heterocycles. The summed E-state index contributed by atoms with van der Waals surface area (Å²) in [7, 11) is 4.67. The van der Waals surface area contributed by atoms with Crippen molar-refractivity contribution < 1.29 is 27.4 Å². The van der Waals surface area contributed by atoms with Crippen LogP contribution in [0.3, 0.4) is 0 Å². The quantitative estimate of drug-likeness (QED) is 0.434. The number of rotatable bonds is 10. The minimum Gasteiger partial charge on any atom is -0.493 e. The molecule has 0 unspecified atom stereocenters. The van der Waals surface area contributed by atoms with Crippen LogP contribution in [0.4, 0.5) is 18.9 Å². The maximum Gasteiger partial charge on any atom is 0.433 e. The lowest BCUT2D eigenvalue weighted by molar-refractivity contribution is -0.141. The van der Waals surface area contributed by atoms with Crippen LogP contribution in [0.5, 0.6) is 11.5 Å². The lowest BCUT2D eigenvalue weighted by atomic mass is 10.0. The molecule has 0 aliphatic carbocycles. The molecule has 186 valence electrons. The predicted molar refractivity (Wildman–Crippen MR) is 128 cm³/mol. The van der Waals surface area contributed by atoms with Gasteiger partial charge in [-0.05, 0) is 42.2 Å². The minimum atomic E-state index is -4.47. The second-order valence-corrected chi connectivity index (χ2v) is 7.81. The fraction of sp³-hybridized carbons (Fsp3) is 0.308. The van der Waals surface area contributed by atoms with E-state index in [-0.39, 0.29) is 5.91 Å². The van der Waals surface area contributed by atoms with E-state index in [0.717, 1.165) is 17.3 Å². The second-order valence-electron chi connectivity index (χ2n) is 7.81. The van der Waals surface area contributed by atoms with E-state index in [4.69, 9.17) is 9.47 Å². The van der Waals surface area contributed by atoms with Gasteiger partial charge in [0, 0.05) is 31.5 Å². The van der Waals surface area contributed by atoms with Gasteiger partial charge in [-0.3, -0.25) is 9.78 Å². The predicted octanol–water partition coefficient (Wildman–Crippen LogP) is 5.04. The van der Waals surface area contributed by atoms with Gasteiger partial charge in [-0.1, -0.05) is 36.4 Å². The molecular formula is C26H28F3N3O3. The molecule has 35 heavy (non-hydrogen) atoms. The molecule has 3 rings (SSSR count). The van der Waals surface area contributed by atoms with E-state index >= 15 is 0 Å². The molecule has 1 atom stereocenters. The average molecular weight is 488 g/mol. The fourth-order valence-corrected chi connectivity index (χ4v) is 3.85. The first-order valence-corrected chi connectivity index (χ1v) is 11.1. The number of aromatic nitrogens is 1. The number of ether oxygens (including phenoxy) is 2. The lowest BCUT2D eigenvalue weighted by Crippen LogP contribution is -2.40. The zero-order chi connectivity index (χ0) is 25.4. The van der Waals surface area contributed by atoms with Gasteiger partial charge in [-0.2, -0.15) is 13.2 Å². The van der Waals surface area contributed by atoms with Gasteiger partial charge in [0.2, 0.25) is 5.91 Å². The maximum atomic E-state index is 13.0. The summed E-state index contributed by atoms with van der Waals surface area (Å²) in [6.45, 7) is 0.448. The highest BCUT2D eigenvalue weighted by Crippen LogP contribution is 2.35. The summed E-state index contributed by atoms with van der Waals surface area (Å²) in [5, 5.41) is 2.74. The molecule has 9 heteroatoms. The fourth-order valence-electron chi connectivity index (χ4n) is 3.85. The number of nitrogens with one attached hydrogen (secondary N) is 1. The molecule has 0 fully saturated rings. The van der Waals surface area contributed by atoms with Gasteiger partial charge in [-0.25, -0.2) is 0 Å². The number of amides is 1. The van der Waals surface area contributed by atoms with E-state index in [2.05, 4.69) is 10.3 Å². The van der Waals surface area contributed by atoms with Crippen LogP contribution in [0.25, 0.3) is 0 Å². The summed E-state index contributed by atoms with van der Waals surface area (Å²) in [4.78, 5) is 18.5. The van der Waals surface area contributed by atoms with Gasteiger partial charge in [0.15, 0.2) is 11.5 Å². The van der Waals surface area contributed by atoms with Crippen LogP contribution in [-0.2, 0) is 17.4 Å². The number of benzene rings is 2. The van der Waals surface area contributed by atoms with Gasteiger partial charge >= 0.3 is 6.18 Å². The summed E-state index contributed by atoms with van der Waals surface area (Å²) < 4.78 is 49.2. The Morgan fingerprint density at radius 1 is 1.03 bits per heavy atom. The topological polar surface area (TPSA) is 63.7 Å². The molecule has 0 bridgehead atoms. The summed E-state index contributed by atoms with van der Waals surface area (Å²) in [6, 6.07) is 16.6. The van der Waals surface area contributed by atoms with Crippen molar-refractivity contribution >= 4 is 11.6 Å². The molecule has 1 aromatic heterocycles. The van der Waals surface area contributed by atoms with Crippen molar-refractivity contribution in [2.75, 3.05) is 32.7 Å². The van der Waals surface area contributed by atoms with Crippen LogP contribution in [0.15, 0.2) is 66.9 Å². The number of carbonyl (C=O) groups is 1. The van der Waals surface area contributed by atoms with E-state index in [0.29, 0.717) is 36.4 Å². The Morgan fingerprint density at radius 3 is 2.31 bits per heavy atom. The second kappa shape index (κ2) is 11.6. The minimum absolute atomic E-state index is 0.192. The lowest BCUT2D eigenvalue weighted by Gasteiger charge is -2.33. The maximum absolute atomic E-state index is 13.0. The standard InChI is InChI=1S/C26H28F3N3O3/c1-30-25(33)24(19-9-5-4-6-10-19)32(20-12-13-21(34-2)22(16-20)35-3)15-7-8-18-11-14-23(31-17-18)26(27,28)29/h4-6,9-14,16-17,24H,7-8,15H2,1-3H3,(H,30,33)/t24-/m0/s1. The first kappa shape index (κ1) is 25.9. The number of carbonyl (C=O) groups excluding carboxylic acids is 1. The van der Waals surface area contributed by atoms with Crippen molar-refractivity contribution in [1.29, 1.82) is 0 Å². The van der Waals surface area contributed by atoms with Gasteiger partial charge in [-0.15, -0.1) is 0 Å². The highest BCUT2D eigenvalue weighted by Gasteiger charge is 2.32. The van der Waals surface area contributed by atoms with Crippen molar-refractivity contribution in [3.8, 4) is 11.5 Å². The number of nitrogens with zero attached hydrogens (tertiary/aromatic N) is 2. The monoisotopic (exact) mass is 487 g/mol. The Bertz CT molecular complexity index is 1110. The van der Waals surface area contributed by atoms with Gasteiger partial charge in [0.25, 0.3) is 0 Å². The molecule has 0 saturated carbocycles. The van der Waals surface area contributed by atoms with Crippen LogP contribution in [0, 0.1) is 0 Å². The molecule has 3 aromatic rings. The molecule has 1 N–H and O–H groups in total. The third kappa shape index (κ3) is 6.44. The van der Waals surface area contributed by atoms with Crippen LogP contribution in [0.1, 0.15) is 29.3 Å². The summed E-state index contributed by atoms with van der Waals surface area (Å²) in [6.07, 6.45) is -2.16. The Kier molecular flexibility index (Phi) is 8.57. The van der Waals surface area contributed by atoms with E-state index in [1.807, 2.05) is 41.3 Å². The van der Waals surface area contributed by atoms with Crippen molar-refractivity contribution in [2.45, 2.75) is 25.1 Å². The molecule has 0 radical (unpaired) electrons. The summed E-state index contributed by atoms with van der Waals surface area (Å²) in [5.74, 6) is 0.885. The van der Waals surface area contributed by atoms with Gasteiger partial charge < -0.3 is 19.7 Å². The zero-order valence-electron chi connectivity index (χ0n) is 19.8. The SMILES string of the molecule is CNC(=O)[C@H](c1ccccc1)N(CCCc1ccc(C(F)(F)F)nc1)c1ccc(OC)c(OC)c1. The first-order valence-electron chi connectivity index (χ1n) is 11.1. The number of likely N-dealkylation sites (N-methyl/N-ethyl adjacent to an activating group) is 1. The first-order chi connectivity index (χ1) is 16.8. The number of pyridine rings is 1. The third-order valence-electron chi connectivity index (χ3n) is 5.60. The molecule has 0 aliphatic rings. The van der Waals surface area contributed by atoms with E-state index in [9.17, 15) is 18.0 Å². The Hall–Kier alpha value is -3.75. The van der Waals surface area contributed by atoms with E-state index in [1.54, 1.807) is 26.3 Å². The largest absolute Gasteiger partial charge is 0.493 e. The van der Waals surface area contributed by atoms with E-state index < -0.39 is 17.9 Å². The van der Waals surface area contributed by atoms with Gasteiger partial charge in [0.05, 0.1) is 14.2 Å². The number of hydrogen-bond donors (Lipinski definition) is 1. The number of anilines is 1. The molecular weight excluding hydrogens is 459 g/mol. The van der Waals surface area contributed by atoms with Crippen molar-refractivity contribution in [1.82, 2.24) is 10.3 Å². The number of methoxy groups -OCH3 is 2. The Morgan fingerprint density at radius 2 is 1.74 bits per heavy atom. The van der Waals surface area contributed by atoms with Crippen LogP contribution in [-0.4, -0.2) is 38.7 Å². The molecule has 0 saturated heterocycles. The van der Waals surface area contributed by atoms with Crippen LogP contribution >= 0.6 is 0 Å². The number of aryl methyl sites for hydroxylation is 1. The smallest absolute Gasteiger partial charge is 0.433 e. The van der Waals surface area contributed by atoms with Gasteiger partial charge in [0.1, 0.15) is 11.7 Å². The molecule has 1 amide bonds. The van der Waals surface area contributed by atoms with Crippen LogP contribution < -0.4 is 19.7 Å². The number of hydrogen-bond acceptors (Lipinski definition) is 5. The summed E-state index contributed by atoms with van der Waals surface area (Å²) >= 11 is 0. The van der Waals surface area contributed by atoms with Crippen molar-refractivity contribution in [3.63, 3.8) is 0 Å². The number of alkyl halides is 3. The molecule has 6 nitrogen and oxygen atoms in total.